The molecule has 1 N–H and O–H groups in total. The number of fused-ring (bicyclic) bond motifs is 1. The number of thiophene rings is 1. The average Bonchev–Trinajstić information content (AvgIpc) is 2.99. The predicted octanol–water partition coefficient (Wildman–Crippen LogP) is 2.98. The maximum Gasteiger partial charge on any atom is 0.305 e. The third-order valence-corrected chi connectivity index (χ3v) is 6.39. The molecule has 1 amide bonds. The highest BCUT2D eigenvalue weighted by atomic mass is 32.1. The number of aryl methyl sites for hydroxylation is 2. The number of hydrogen-bond acceptors (Lipinski definition) is 7. The monoisotopic (exact) mass is 404 g/mol. The van der Waals surface area contributed by atoms with E-state index in [1.165, 1.54) is 10.4 Å². The lowest BCUT2D eigenvalue weighted by atomic mass is 9.95. The predicted molar refractivity (Wildman–Crippen MR) is 111 cm³/mol. The van der Waals surface area contributed by atoms with Crippen LogP contribution in [0.4, 0.5) is 5.82 Å². The molecule has 7 nitrogen and oxygen atoms in total. The van der Waals surface area contributed by atoms with Crippen LogP contribution in [0.3, 0.4) is 0 Å². The van der Waals surface area contributed by atoms with Crippen molar-refractivity contribution in [3.05, 3.63) is 16.8 Å². The summed E-state index contributed by atoms with van der Waals surface area (Å²) < 4.78 is 4.89. The highest BCUT2D eigenvalue weighted by molar-refractivity contribution is 7.18. The Morgan fingerprint density at radius 2 is 2.04 bits per heavy atom. The fourth-order valence-corrected chi connectivity index (χ4v) is 4.57. The summed E-state index contributed by atoms with van der Waals surface area (Å²) in [6, 6.07) is 0. The van der Waals surface area contributed by atoms with Crippen LogP contribution < -0.4 is 10.2 Å². The Hall–Kier alpha value is -2.22. The van der Waals surface area contributed by atoms with Crippen LogP contribution in [0, 0.1) is 19.8 Å². The first kappa shape index (κ1) is 20.5. The quantitative estimate of drug-likeness (QED) is 0.564. The topological polar surface area (TPSA) is 84.4 Å². The van der Waals surface area contributed by atoms with Crippen molar-refractivity contribution < 1.29 is 14.3 Å². The molecule has 0 aromatic carbocycles. The minimum atomic E-state index is -0.208. The molecule has 28 heavy (non-hydrogen) atoms. The zero-order chi connectivity index (χ0) is 20.1. The molecule has 3 heterocycles. The summed E-state index contributed by atoms with van der Waals surface area (Å²) in [5.41, 5.74) is 1.25. The molecule has 2 aromatic rings. The minimum Gasteiger partial charge on any atom is -0.466 e. The van der Waals surface area contributed by atoms with Crippen molar-refractivity contribution in [2.45, 2.75) is 46.5 Å². The van der Waals surface area contributed by atoms with Gasteiger partial charge in [-0.2, -0.15) is 0 Å². The van der Waals surface area contributed by atoms with Crippen molar-refractivity contribution in [3.8, 4) is 0 Å². The zero-order valence-corrected chi connectivity index (χ0v) is 17.6. The molecule has 0 spiro atoms. The van der Waals surface area contributed by atoms with E-state index >= 15 is 0 Å². The second kappa shape index (κ2) is 9.32. The number of amides is 1. The van der Waals surface area contributed by atoms with E-state index < -0.39 is 0 Å². The number of nitrogens with one attached hydrogen (secondary N) is 1. The van der Waals surface area contributed by atoms with Crippen molar-refractivity contribution in [1.29, 1.82) is 0 Å². The Morgan fingerprint density at radius 1 is 1.29 bits per heavy atom. The van der Waals surface area contributed by atoms with Gasteiger partial charge in [-0.25, -0.2) is 9.97 Å². The SMILES string of the molecule is CCOC(=O)CCCNC(=O)C1CCN(c2ncnc3sc(C)c(C)c23)CC1. The van der Waals surface area contributed by atoms with Gasteiger partial charge in [0.2, 0.25) is 5.91 Å². The molecule has 0 aliphatic carbocycles. The van der Waals surface area contributed by atoms with Crippen LogP contribution in [0.5, 0.6) is 0 Å². The van der Waals surface area contributed by atoms with E-state index in [9.17, 15) is 9.59 Å². The largest absolute Gasteiger partial charge is 0.466 e. The van der Waals surface area contributed by atoms with Gasteiger partial charge in [-0.1, -0.05) is 0 Å². The first-order valence-corrected chi connectivity index (χ1v) is 10.7. The van der Waals surface area contributed by atoms with E-state index in [2.05, 4.69) is 34.0 Å². The van der Waals surface area contributed by atoms with E-state index in [4.69, 9.17) is 4.74 Å². The summed E-state index contributed by atoms with van der Waals surface area (Å²) in [4.78, 5) is 37.3. The molecule has 1 aliphatic heterocycles. The Morgan fingerprint density at radius 3 is 2.75 bits per heavy atom. The summed E-state index contributed by atoms with van der Waals surface area (Å²) in [5.74, 6) is 0.876. The third-order valence-electron chi connectivity index (χ3n) is 5.27. The lowest BCUT2D eigenvalue weighted by Gasteiger charge is -2.32. The van der Waals surface area contributed by atoms with Crippen molar-refractivity contribution in [2.75, 3.05) is 31.1 Å². The highest BCUT2D eigenvalue weighted by Crippen LogP contribution is 2.35. The molecule has 0 radical (unpaired) electrons. The van der Waals surface area contributed by atoms with E-state index in [1.807, 2.05) is 0 Å². The van der Waals surface area contributed by atoms with E-state index in [0.717, 1.165) is 42.0 Å². The highest BCUT2D eigenvalue weighted by Gasteiger charge is 2.27. The van der Waals surface area contributed by atoms with Crippen LogP contribution in [-0.2, 0) is 14.3 Å². The lowest BCUT2D eigenvalue weighted by Crippen LogP contribution is -2.41. The van der Waals surface area contributed by atoms with Crippen LogP contribution in [-0.4, -0.2) is 48.1 Å². The molecule has 0 atom stereocenters. The van der Waals surface area contributed by atoms with Crippen molar-refractivity contribution in [1.82, 2.24) is 15.3 Å². The summed E-state index contributed by atoms with van der Waals surface area (Å²) in [6.07, 6.45) is 4.19. The maximum atomic E-state index is 12.4. The Kier molecular flexibility index (Phi) is 6.83. The smallest absolute Gasteiger partial charge is 0.305 e. The molecule has 2 aromatic heterocycles. The number of hydrogen-bond donors (Lipinski definition) is 1. The van der Waals surface area contributed by atoms with Gasteiger partial charge in [0.05, 0.1) is 12.0 Å². The number of piperidine rings is 1. The lowest BCUT2D eigenvalue weighted by molar-refractivity contribution is -0.143. The summed E-state index contributed by atoms with van der Waals surface area (Å²) >= 11 is 1.70. The Bertz CT molecular complexity index is 843. The number of rotatable bonds is 7. The first-order valence-electron chi connectivity index (χ1n) is 9.90. The van der Waals surface area contributed by atoms with Crippen LogP contribution in [0.2, 0.25) is 0 Å². The van der Waals surface area contributed by atoms with Gasteiger partial charge < -0.3 is 15.0 Å². The van der Waals surface area contributed by atoms with E-state index in [0.29, 0.717) is 26.0 Å². The van der Waals surface area contributed by atoms with Crippen LogP contribution >= 0.6 is 11.3 Å². The third kappa shape index (κ3) is 4.60. The van der Waals surface area contributed by atoms with Crippen LogP contribution in [0.1, 0.15) is 43.0 Å². The molecule has 1 fully saturated rings. The Balaban J connectivity index is 1.51. The van der Waals surface area contributed by atoms with Gasteiger partial charge in [-0.05, 0) is 45.6 Å². The van der Waals surface area contributed by atoms with Crippen LogP contribution in [0.25, 0.3) is 10.2 Å². The normalized spacial score (nSPS) is 15.0. The number of anilines is 1. The van der Waals surface area contributed by atoms with Gasteiger partial charge in [0.1, 0.15) is 17.0 Å². The van der Waals surface area contributed by atoms with Gasteiger partial charge in [0.15, 0.2) is 0 Å². The molecular weight excluding hydrogens is 376 g/mol. The molecule has 0 unspecified atom stereocenters. The van der Waals surface area contributed by atoms with Crippen molar-refractivity contribution >= 4 is 39.2 Å². The van der Waals surface area contributed by atoms with Gasteiger partial charge in [-0.15, -0.1) is 11.3 Å². The molecule has 1 saturated heterocycles. The number of esters is 1. The second-order valence-electron chi connectivity index (χ2n) is 7.12. The molecule has 8 heteroatoms. The summed E-state index contributed by atoms with van der Waals surface area (Å²) in [6.45, 7) is 8.55. The zero-order valence-electron chi connectivity index (χ0n) is 16.8. The second-order valence-corrected chi connectivity index (χ2v) is 8.32. The van der Waals surface area contributed by atoms with Gasteiger partial charge in [0.25, 0.3) is 0 Å². The fraction of sp³-hybridized carbons (Fsp3) is 0.600. The molecule has 3 rings (SSSR count). The van der Waals surface area contributed by atoms with E-state index in [1.54, 1.807) is 24.6 Å². The molecule has 152 valence electrons. The van der Waals surface area contributed by atoms with Gasteiger partial charge >= 0.3 is 5.97 Å². The standard InChI is InChI=1S/C20H28N4O3S/c1-4-27-16(25)6-5-9-21-19(26)15-7-10-24(11-8-15)18-17-13(2)14(3)28-20(17)23-12-22-18/h12,15H,4-11H2,1-3H3,(H,21,26). The number of carbonyl (C=O) groups is 2. The number of carbonyl (C=O) groups excluding carboxylic acids is 2. The Labute approximate surface area is 169 Å². The summed E-state index contributed by atoms with van der Waals surface area (Å²) in [7, 11) is 0. The first-order chi connectivity index (χ1) is 13.5. The minimum absolute atomic E-state index is 0.0153. The molecule has 1 aliphatic rings. The van der Waals surface area contributed by atoms with Gasteiger partial charge in [-0.3, -0.25) is 9.59 Å². The molecule has 0 bridgehead atoms. The van der Waals surface area contributed by atoms with Crippen LogP contribution in [0.15, 0.2) is 6.33 Å². The average molecular weight is 405 g/mol. The van der Waals surface area contributed by atoms with Gasteiger partial charge in [0, 0.05) is 36.9 Å². The summed E-state index contributed by atoms with van der Waals surface area (Å²) in [5, 5.41) is 4.10. The number of aromatic nitrogens is 2. The fourth-order valence-electron chi connectivity index (χ4n) is 3.58. The number of ether oxygens (including phenoxy) is 1. The van der Waals surface area contributed by atoms with Crippen molar-refractivity contribution in [3.63, 3.8) is 0 Å². The molecule has 0 saturated carbocycles. The molecular formula is C20H28N4O3S. The van der Waals surface area contributed by atoms with Crippen molar-refractivity contribution in [2.24, 2.45) is 5.92 Å². The van der Waals surface area contributed by atoms with E-state index in [-0.39, 0.29) is 17.8 Å². The maximum absolute atomic E-state index is 12.4. The number of nitrogens with zero attached hydrogens (tertiary/aromatic N) is 3.